The Morgan fingerprint density at radius 2 is 2.36 bits per heavy atom. The van der Waals surface area contributed by atoms with Crippen LogP contribution >= 0.6 is 0 Å². The standard InChI is InChI=1S/C15H19N5O2/c16-13-12(18-9-19-13)15-20-11(8-22-15)14(21)17-7-6-10-4-2-1-3-5-10/h4,8-9H,1-3,5-7,16H2,(H,17,21)(H,18,19). The van der Waals surface area contributed by atoms with Gasteiger partial charge in [-0.3, -0.25) is 4.79 Å². The molecule has 0 spiro atoms. The van der Waals surface area contributed by atoms with Crippen molar-refractivity contribution in [2.45, 2.75) is 32.1 Å². The van der Waals surface area contributed by atoms with E-state index in [0.29, 0.717) is 12.2 Å². The average Bonchev–Trinajstić information content (AvgIpc) is 3.17. The minimum Gasteiger partial charge on any atom is -0.442 e. The molecule has 1 aliphatic rings. The molecule has 0 aliphatic heterocycles. The number of hydrogen-bond acceptors (Lipinski definition) is 5. The third-order valence-corrected chi connectivity index (χ3v) is 3.74. The van der Waals surface area contributed by atoms with E-state index in [1.807, 2.05) is 0 Å². The number of nitrogens with one attached hydrogen (secondary N) is 2. The normalized spacial score (nSPS) is 14.6. The zero-order valence-corrected chi connectivity index (χ0v) is 12.3. The Labute approximate surface area is 128 Å². The zero-order valence-electron chi connectivity index (χ0n) is 12.3. The van der Waals surface area contributed by atoms with E-state index in [4.69, 9.17) is 10.2 Å². The summed E-state index contributed by atoms with van der Waals surface area (Å²) in [6, 6.07) is 0. The SMILES string of the molecule is Nc1nc[nH]c1-c1nc(C(=O)NCCC2=CCCCC2)co1. The van der Waals surface area contributed by atoms with E-state index in [-0.39, 0.29) is 23.3 Å². The summed E-state index contributed by atoms with van der Waals surface area (Å²) >= 11 is 0. The molecule has 116 valence electrons. The van der Waals surface area contributed by atoms with Crippen molar-refractivity contribution in [2.24, 2.45) is 0 Å². The van der Waals surface area contributed by atoms with Crippen molar-refractivity contribution >= 4 is 11.7 Å². The molecule has 0 bridgehead atoms. The Morgan fingerprint density at radius 1 is 1.45 bits per heavy atom. The van der Waals surface area contributed by atoms with Crippen molar-refractivity contribution in [3.05, 3.63) is 29.9 Å². The summed E-state index contributed by atoms with van der Waals surface area (Å²) in [5.74, 6) is 0.303. The molecule has 1 aliphatic carbocycles. The van der Waals surface area contributed by atoms with Gasteiger partial charge in [-0.2, -0.15) is 0 Å². The number of aromatic amines is 1. The van der Waals surface area contributed by atoms with Crippen LogP contribution in [0.2, 0.25) is 0 Å². The largest absolute Gasteiger partial charge is 0.442 e. The van der Waals surface area contributed by atoms with Crippen molar-refractivity contribution in [3.63, 3.8) is 0 Å². The summed E-state index contributed by atoms with van der Waals surface area (Å²) < 4.78 is 5.27. The van der Waals surface area contributed by atoms with Crippen LogP contribution in [-0.2, 0) is 0 Å². The predicted octanol–water partition coefficient (Wildman–Crippen LogP) is 2.27. The Kier molecular flexibility index (Phi) is 4.22. The number of imidazole rings is 1. The molecule has 7 nitrogen and oxygen atoms in total. The van der Waals surface area contributed by atoms with Gasteiger partial charge in [0.2, 0.25) is 5.89 Å². The summed E-state index contributed by atoms with van der Waals surface area (Å²) in [7, 11) is 0. The third-order valence-electron chi connectivity index (χ3n) is 3.74. The number of anilines is 1. The van der Waals surface area contributed by atoms with Gasteiger partial charge in [-0.25, -0.2) is 9.97 Å². The molecule has 0 saturated heterocycles. The van der Waals surface area contributed by atoms with E-state index in [1.54, 1.807) is 0 Å². The Morgan fingerprint density at radius 3 is 3.09 bits per heavy atom. The van der Waals surface area contributed by atoms with Gasteiger partial charge in [-0.1, -0.05) is 11.6 Å². The molecule has 2 aromatic heterocycles. The Hall–Kier alpha value is -2.57. The van der Waals surface area contributed by atoms with Crippen molar-refractivity contribution in [1.29, 1.82) is 0 Å². The first-order valence-electron chi connectivity index (χ1n) is 7.45. The molecule has 22 heavy (non-hydrogen) atoms. The van der Waals surface area contributed by atoms with E-state index in [0.717, 1.165) is 19.3 Å². The molecule has 4 N–H and O–H groups in total. The summed E-state index contributed by atoms with van der Waals surface area (Å²) in [5.41, 5.74) is 7.82. The minimum absolute atomic E-state index is 0.238. The second-order valence-electron chi connectivity index (χ2n) is 5.31. The fraction of sp³-hybridized carbons (Fsp3) is 0.400. The Balaban J connectivity index is 1.55. The number of rotatable bonds is 5. The molecule has 3 rings (SSSR count). The molecular weight excluding hydrogens is 282 g/mol. The van der Waals surface area contributed by atoms with Crippen LogP contribution in [0.5, 0.6) is 0 Å². The van der Waals surface area contributed by atoms with Gasteiger partial charge in [0.1, 0.15) is 12.0 Å². The summed E-state index contributed by atoms with van der Waals surface area (Å²) in [4.78, 5) is 22.9. The van der Waals surface area contributed by atoms with Crippen molar-refractivity contribution in [3.8, 4) is 11.6 Å². The van der Waals surface area contributed by atoms with Gasteiger partial charge >= 0.3 is 0 Å². The number of aromatic nitrogens is 3. The molecule has 2 aromatic rings. The van der Waals surface area contributed by atoms with E-state index in [1.165, 1.54) is 31.0 Å². The van der Waals surface area contributed by atoms with Crippen LogP contribution in [0.25, 0.3) is 11.6 Å². The number of nitrogens with zero attached hydrogens (tertiary/aromatic N) is 2. The second kappa shape index (κ2) is 6.46. The Bertz CT molecular complexity index is 686. The van der Waals surface area contributed by atoms with Crippen LogP contribution in [0.3, 0.4) is 0 Å². The lowest BCUT2D eigenvalue weighted by Crippen LogP contribution is -2.25. The second-order valence-corrected chi connectivity index (χ2v) is 5.31. The zero-order chi connectivity index (χ0) is 15.4. The quantitative estimate of drug-likeness (QED) is 0.734. The first-order chi connectivity index (χ1) is 10.7. The monoisotopic (exact) mass is 301 g/mol. The number of nitrogens with two attached hydrogens (primary N) is 1. The fourth-order valence-electron chi connectivity index (χ4n) is 2.53. The molecule has 0 atom stereocenters. The highest BCUT2D eigenvalue weighted by Crippen LogP contribution is 2.21. The topological polar surface area (TPSA) is 110 Å². The first-order valence-corrected chi connectivity index (χ1v) is 7.45. The smallest absolute Gasteiger partial charge is 0.273 e. The van der Waals surface area contributed by atoms with Crippen molar-refractivity contribution in [1.82, 2.24) is 20.3 Å². The van der Waals surface area contributed by atoms with Crippen LogP contribution < -0.4 is 11.1 Å². The van der Waals surface area contributed by atoms with Gasteiger partial charge in [-0.15, -0.1) is 0 Å². The van der Waals surface area contributed by atoms with Gasteiger partial charge in [0.25, 0.3) is 5.91 Å². The average molecular weight is 301 g/mol. The van der Waals surface area contributed by atoms with E-state index in [2.05, 4.69) is 26.3 Å². The van der Waals surface area contributed by atoms with Crippen LogP contribution in [0.15, 0.2) is 28.7 Å². The summed E-state index contributed by atoms with van der Waals surface area (Å²) in [6.07, 6.45) is 10.8. The maximum Gasteiger partial charge on any atom is 0.273 e. The number of amides is 1. The number of oxazole rings is 1. The maximum absolute atomic E-state index is 12.0. The van der Waals surface area contributed by atoms with E-state index >= 15 is 0 Å². The molecular formula is C15H19N5O2. The molecule has 2 heterocycles. The number of H-pyrrole nitrogens is 1. The number of allylic oxidation sites excluding steroid dienone is 1. The fourth-order valence-corrected chi connectivity index (χ4v) is 2.53. The lowest BCUT2D eigenvalue weighted by molar-refractivity contribution is 0.0949. The number of carbonyl (C=O) groups excluding carboxylic acids is 1. The molecule has 0 unspecified atom stereocenters. The summed E-state index contributed by atoms with van der Waals surface area (Å²) in [5, 5.41) is 2.86. The third kappa shape index (κ3) is 3.19. The lowest BCUT2D eigenvalue weighted by atomic mass is 9.97. The predicted molar refractivity (Wildman–Crippen MR) is 82.0 cm³/mol. The highest BCUT2D eigenvalue weighted by Gasteiger charge is 2.16. The van der Waals surface area contributed by atoms with Gasteiger partial charge in [-0.05, 0) is 32.1 Å². The van der Waals surface area contributed by atoms with Gasteiger partial charge in [0.05, 0.1) is 6.33 Å². The van der Waals surface area contributed by atoms with E-state index < -0.39 is 0 Å². The number of nitrogen functional groups attached to an aromatic ring is 1. The highest BCUT2D eigenvalue weighted by molar-refractivity contribution is 5.92. The summed E-state index contributed by atoms with van der Waals surface area (Å²) in [6.45, 7) is 0.610. The minimum atomic E-state index is -0.246. The highest BCUT2D eigenvalue weighted by atomic mass is 16.3. The van der Waals surface area contributed by atoms with Gasteiger partial charge in [0, 0.05) is 6.54 Å². The van der Waals surface area contributed by atoms with E-state index in [9.17, 15) is 4.79 Å². The lowest BCUT2D eigenvalue weighted by Gasteiger charge is -2.12. The first kappa shape index (κ1) is 14.4. The maximum atomic E-state index is 12.0. The number of hydrogen-bond donors (Lipinski definition) is 3. The number of carbonyl (C=O) groups is 1. The van der Waals surface area contributed by atoms with Crippen LogP contribution in [0.4, 0.5) is 5.82 Å². The van der Waals surface area contributed by atoms with Crippen LogP contribution in [0.1, 0.15) is 42.6 Å². The molecule has 0 radical (unpaired) electrons. The molecule has 7 heteroatoms. The molecule has 0 fully saturated rings. The van der Waals surface area contributed by atoms with Crippen molar-refractivity contribution < 1.29 is 9.21 Å². The molecule has 1 amide bonds. The van der Waals surface area contributed by atoms with Crippen LogP contribution in [-0.4, -0.2) is 27.4 Å². The van der Waals surface area contributed by atoms with Gasteiger partial charge < -0.3 is 20.5 Å². The van der Waals surface area contributed by atoms with Gasteiger partial charge in [0.15, 0.2) is 11.5 Å². The van der Waals surface area contributed by atoms with Crippen molar-refractivity contribution in [2.75, 3.05) is 12.3 Å². The molecule has 0 aromatic carbocycles. The van der Waals surface area contributed by atoms with Crippen LogP contribution in [0, 0.1) is 0 Å². The molecule has 0 saturated carbocycles.